The van der Waals surface area contributed by atoms with Crippen molar-refractivity contribution in [2.75, 3.05) is 18.2 Å². The summed E-state index contributed by atoms with van der Waals surface area (Å²) in [6, 6.07) is 11.7. The summed E-state index contributed by atoms with van der Waals surface area (Å²) in [4.78, 5) is 23.1. The van der Waals surface area contributed by atoms with Gasteiger partial charge < -0.3 is 19.4 Å². The number of amides is 1. The zero-order valence-electron chi connectivity index (χ0n) is 20.3. The molecule has 1 unspecified atom stereocenters. The fourth-order valence-electron chi connectivity index (χ4n) is 3.33. The van der Waals surface area contributed by atoms with E-state index in [-0.39, 0.29) is 23.5 Å². The highest BCUT2D eigenvalue weighted by Gasteiger charge is 2.21. The predicted molar refractivity (Wildman–Crippen MR) is 134 cm³/mol. The molecule has 35 heavy (non-hydrogen) atoms. The zero-order chi connectivity index (χ0) is 25.5. The van der Waals surface area contributed by atoms with Crippen molar-refractivity contribution in [2.24, 2.45) is 5.92 Å². The summed E-state index contributed by atoms with van der Waals surface area (Å²) in [6.07, 6.45) is -0.370. The average molecular weight is 500 g/mol. The molecule has 0 spiro atoms. The Morgan fingerprint density at radius 1 is 1.14 bits per heavy atom. The minimum Gasteiger partial charge on any atom is -0.497 e. The van der Waals surface area contributed by atoms with Gasteiger partial charge in [0.1, 0.15) is 11.5 Å². The maximum absolute atomic E-state index is 12.6. The average Bonchev–Trinajstić information content (AvgIpc) is 3.21. The van der Waals surface area contributed by atoms with Gasteiger partial charge in [0.25, 0.3) is 5.69 Å². The van der Waals surface area contributed by atoms with Crippen LogP contribution in [0.25, 0.3) is 0 Å². The Labute approximate surface area is 208 Å². The van der Waals surface area contributed by atoms with Crippen LogP contribution in [0, 0.1) is 23.0 Å². The fraction of sp³-hybridized carbons (Fsp3) is 0.375. The Hall–Kier alpha value is -3.60. The summed E-state index contributed by atoms with van der Waals surface area (Å²) in [5, 5.41) is 23.0. The minimum absolute atomic E-state index is 0.0755. The molecule has 0 aliphatic rings. The second kappa shape index (κ2) is 11.7. The van der Waals surface area contributed by atoms with Gasteiger partial charge in [-0.25, -0.2) is 0 Å². The van der Waals surface area contributed by atoms with Gasteiger partial charge in [-0.2, -0.15) is 0 Å². The molecular formula is C24H29N5O5S. The number of nitro benzene ring substituents is 1. The lowest BCUT2D eigenvalue weighted by molar-refractivity contribution is -0.384. The van der Waals surface area contributed by atoms with Crippen molar-refractivity contribution in [1.29, 1.82) is 0 Å². The number of aryl methyl sites for hydroxylation is 1. The second-order valence-corrected chi connectivity index (χ2v) is 9.32. The lowest BCUT2D eigenvalue weighted by Gasteiger charge is -2.18. The van der Waals surface area contributed by atoms with Gasteiger partial charge in [0.05, 0.1) is 23.5 Å². The van der Waals surface area contributed by atoms with Gasteiger partial charge >= 0.3 is 0 Å². The number of nitrogens with one attached hydrogen (secondary N) is 1. The molecule has 11 heteroatoms. The fourth-order valence-corrected chi connectivity index (χ4v) is 4.08. The molecule has 0 saturated heterocycles. The third-order valence-electron chi connectivity index (χ3n) is 5.07. The van der Waals surface area contributed by atoms with Crippen molar-refractivity contribution >= 4 is 29.0 Å². The molecule has 1 aromatic heterocycles. The van der Waals surface area contributed by atoms with Crippen molar-refractivity contribution in [3.8, 4) is 11.5 Å². The molecule has 0 bridgehead atoms. The second-order valence-electron chi connectivity index (χ2n) is 8.37. The third-order valence-corrected chi connectivity index (χ3v) is 6.03. The minimum atomic E-state index is -0.491. The standard InChI is InChI=1S/C24H29N5O5S/c1-15(2)13-28-23(17(4)34-20-10-8-19(33-5)9-11-20)26-27-24(28)35-14-22(30)25-21-12-18(29(31)32)7-6-16(21)3/h6-12,15,17H,13-14H2,1-5H3,(H,25,30). The number of non-ortho nitro benzene ring substituents is 1. The van der Waals surface area contributed by atoms with Crippen molar-refractivity contribution in [2.45, 2.75) is 45.5 Å². The van der Waals surface area contributed by atoms with Crippen molar-refractivity contribution < 1.29 is 19.2 Å². The Bertz CT molecular complexity index is 1180. The molecule has 0 saturated carbocycles. The first-order chi connectivity index (χ1) is 16.7. The van der Waals surface area contributed by atoms with Gasteiger partial charge in [-0.05, 0) is 49.6 Å². The molecule has 1 N–H and O–H groups in total. The number of anilines is 1. The Kier molecular flexibility index (Phi) is 8.69. The van der Waals surface area contributed by atoms with Gasteiger partial charge in [0.15, 0.2) is 17.1 Å². The highest BCUT2D eigenvalue weighted by molar-refractivity contribution is 7.99. The van der Waals surface area contributed by atoms with Crippen molar-refractivity contribution in [3.63, 3.8) is 0 Å². The molecule has 2 aromatic carbocycles. The Morgan fingerprint density at radius 3 is 2.46 bits per heavy atom. The highest BCUT2D eigenvalue weighted by Crippen LogP contribution is 2.27. The van der Waals surface area contributed by atoms with Gasteiger partial charge in [-0.1, -0.05) is 31.7 Å². The summed E-state index contributed by atoms with van der Waals surface area (Å²) < 4.78 is 13.2. The summed E-state index contributed by atoms with van der Waals surface area (Å²) in [7, 11) is 1.61. The normalized spacial score (nSPS) is 11.8. The Morgan fingerprint density at radius 2 is 1.83 bits per heavy atom. The summed E-state index contributed by atoms with van der Waals surface area (Å²) >= 11 is 1.25. The number of ether oxygens (including phenoxy) is 2. The van der Waals surface area contributed by atoms with Crippen LogP contribution < -0.4 is 14.8 Å². The van der Waals surface area contributed by atoms with Crippen molar-refractivity contribution in [1.82, 2.24) is 14.8 Å². The van der Waals surface area contributed by atoms with E-state index >= 15 is 0 Å². The van der Waals surface area contributed by atoms with Crippen LogP contribution in [0.4, 0.5) is 11.4 Å². The summed E-state index contributed by atoms with van der Waals surface area (Å²) in [5.74, 6) is 2.18. The molecule has 1 atom stereocenters. The first-order valence-corrected chi connectivity index (χ1v) is 12.1. The molecule has 1 heterocycles. The molecule has 0 aliphatic carbocycles. The van der Waals surface area contributed by atoms with Crippen LogP contribution in [0.5, 0.6) is 11.5 Å². The van der Waals surface area contributed by atoms with E-state index < -0.39 is 4.92 Å². The number of thioether (sulfide) groups is 1. The first kappa shape index (κ1) is 26.0. The van der Waals surface area contributed by atoms with Crippen LogP contribution in [-0.2, 0) is 11.3 Å². The SMILES string of the molecule is COc1ccc(OC(C)c2nnc(SCC(=O)Nc3cc([N+](=O)[O-])ccc3C)n2CC(C)C)cc1. The number of carbonyl (C=O) groups excluding carboxylic acids is 1. The molecule has 186 valence electrons. The highest BCUT2D eigenvalue weighted by atomic mass is 32.2. The number of rotatable bonds is 11. The van der Waals surface area contributed by atoms with E-state index in [1.54, 1.807) is 20.1 Å². The van der Waals surface area contributed by atoms with E-state index in [0.717, 1.165) is 11.3 Å². The van der Waals surface area contributed by atoms with E-state index in [1.165, 1.54) is 23.9 Å². The molecule has 0 aliphatic heterocycles. The Balaban J connectivity index is 1.70. The maximum atomic E-state index is 12.6. The quantitative estimate of drug-likeness (QED) is 0.221. The predicted octanol–water partition coefficient (Wildman–Crippen LogP) is 5.03. The summed E-state index contributed by atoms with van der Waals surface area (Å²) in [5.41, 5.74) is 1.07. The maximum Gasteiger partial charge on any atom is 0.271 e. The van der Waals surface area contributed by atoms with E-state index in [9.17, 15) is 14.9 Å². The molecule has 3 aromatic rings. The number of benzene rings is 2. The van der Waals surface area contributed by atoms with Crippen LogP contribution in [-0.4, -0.2) is 38.5 Å². The number of nitrogens with zero attached hydrogens (tertiary/aromatic N) is 4. The summed E-state index contributed by atoms with van der Waals surface area (Å²) in [6.45, 7) is 8.52. The monoisotopic (exact) mass is 499 g/mol. The smallest absolute Gasteiger partial charge is 0.271 e. The van der Waals surface area contributed by atoms with Gasteiger partial charge in [-0.3, -0.25) is 14.9 Å². The number of hydrogen-bond donors (Lipinski definition) is 1. The van der Waals surface area contributed by atoms with Crippen LogP contribution in [0.2, 0.25) is 0 Å². The lowest BCUT2D eigenvalue weighted by Crippen LogP contribution is -2.17. The van der Waals surface area contributed by atoms with Gasteiger partial charge in [0.2, 0.25) is 5.91 Å². The molecular weight excluding hydrogens is 470 g/mol. The molecule has 10 nitrogen and oxygen atoms in total. The van der Waals surface area contributed by atoms with E-state index in [4.69, 9.17) is 9.47 Å². The zero-order valence-corrected chi connectivity index (χ0v) is 21.2. The van der Waals surface area contributed by atoms with Crippen LogP contribution in [0.1, 0.15) is 38.3 Å². The number of nitro groups is 1. The van der Waals surface area contributed by atoms with Crippen molar-refractivity contribution in [3.05, 3.63) is 64.0 Å². The first-order valence-electron chi connectivity index (χ1n) is 11.1. The van der Waals surface area contributed by atoms with E-state index in [2.05, 4.69) is 29.4 Å². The largest absolute Gasteiger partial charge is 0.497 e. The molecule has 0 fully saturated rings. The number of aromatic nitrogens is 3. The van der Waals surface area contributed by atoms with E-state index in [0.29, 0.717) is 34.9 Å². The number of methoxy groups -OCH3 is 1. The molecule has 3 rings (SSSR count). The third kappa shape index (κ3) is 6.95. The number of carbonyl (C=O) groups is 1. The molecule has 0 radical (unpaired) electrons. The van der Waals surface area contributed by atoms with Gasteiger partial charge in [0, 0.05) is 18.7 Å². The lowest BCUT2D eigenvalue weighted by atomic mass is 10.2. The van der Waals surface area contributed by atoms with Gasteiger partial charge in [-0.15, -0.1) is 10.2 Å². The van der Waals surface area contributed by atoms with Crippen LogP contribution in [0.15, 0.2) is 47.6 Å². The topological polar surface area (TPSA) is 121 Å². The van der Waals surface area contributed by atoms with Crippen LogP contribution in [0.3, 0.4) is 0 Å². The number of hydrogen-bond acceptors (Lipinski definition) is 8. The van der Waals surface area contributed by atoms with E-state index in [1.807, 2.05) is 35.8 Å². The molecule has 1 amide bonds. The van der Waals surface area contributed by atoms with Crippen LogP contribution >= 0.6 is 11.8 Å².